The summed E-state index contributed by atoms with van der Waals surface area (Å²) in [7, 11) is 0. The second kappa shape index (κ2) is 7.60. The van der Waals surface area contributed by atoms with Gasteiger partial charge < -0.3 is 10.6 Å². The molecule has 136 valence electrons. The van der Waals surface area contributed by atoms with E-state index in [4.69, 9.17) is 0 Å². The van der Waals surface area contributed by atoms with Crippen molar-refractivity contribution >= 4 is 28.8 Å². The molecule has 1 aromatic heterocycles. The van der Waals surface area contributed by atoms with E-state index in [1.807, 2.05) is 18.2 Å². The van der Waals surface area contributed by atoms with Crippen molar-refractivity contribution in [2.24, 2.45) is 0 Å². The van der Waals surface area contributed by atoms with Crippen molar-refractivity contribution in [2.75, 3.05) is 11.9 Å². The van der Waals surface area contributed by atoms with Crippen LogP contribution < -0.4 is 10.6 Å². The maximum atomic E-state index is 12.6. The lowest BCUT2D eigenvalue weighted by Gasteiger charge is -2.21. The molecule has 26 heavy (non-hydrogen) atoms. The van der Waals surface area contributed by atoms with Gasteiger partial charge in [-0.1, -0.05) is 18.2 Å². The molecule has 1 heterocycles. The number of rotatable bonds is 8. The van der Waals surface area contributed by atoms with Crippen molar-refractivity contribution in [2.45, 2.75) is 44.3 Å². The number of thiophene rings is 1. The zero-order valence-corrected chi connectivity index (χ0v) is 15.4. The second-order valence-corrected chi connectivity index (χ2v) is 8.09. The minimum Gasteiger partial charge on any atom is -0.349 e. The number of nitrogens with zero attached hydrogens (tertiary/aromatic N) is 1. The van der Waals surface area contributed by atoms with Crippen LogP contribution in [0.25, 0.3) is 0 Å². The van der Waals surface area contributed by atoms with Crippen molar-refractivity contribution in [3.63, 3.8) is 0 Å². The van der Waals surface area contributed by atoms with Crippen LogP contribution in [0, 0.1) is 0 Å². The highest BCUT2D eigenvalue weighted by Gasteiger charge is 2.31. The summed E-state index contributed by atoms with van der Waals surface area (Å²) in [6.07, 6.45) is 4.39. The molecule has 2 aromatic rings. The van der Waals surface area contributed by atoms with E-state index in [-0.39, 0.29) is 11.8 Å². The van der Waals surface area contributed by atoms with Crippen molar-refractivity contribution < 1.29 is 9.59 Å². The van der Waals surface area contributed by atoms with E-state index < -0.39 is 0 Å². The number of carbonyl (C=O) groups is 2. The monoisotopic (exact) mass is 369 g/mol. The van der Waals surface area contributed by atoms with Crippen LogP contribution in [0.3, 0.4) is 0 Å². The molecule has 0 atom stereocenters. The topological polar surface area (TPSA) is 61.4 Å². The first kappa shape index (κ1) is 17.2. The third-order valence-corrected chi connectivity index (χ3v) is 5.57. The van der Waals surface area contributed by atoms with Gasteiger partial charge in [-0.3, -0.25) is 14.5 Å². The maximum Gasteiger partial charge on any atom is 0.253 e. The van der Waals surface area contributed by atoms with E-state index >= 15 is 0 Å². The van der Waals surface area contributed by atoms with Crippen molar-refractivity contribution in [3.8, 4) is 0 Å². The van der Waals surface area contributed by atoms with Gasteiger partial charge in [-0.05, 0) is 49.3 Å². The number of hydrogen-bond acceptors (Lipinski definition) is 4. The standard InChI is InChI=1S/C20H23N3O2S/c24-19(13-23(15-9-10-15)12-16-4-3-11-26-16)22-18-6-2-1-5-17(18)20(25)21-14-7-8-14/h1-6,11,14-15H,7-10,12-13H2,(H,21,25)(H,22,24). The van der Waals surface area contributed by atoms with Gasteiger partial charge in [0.15, 0.2) is 0 Å². The Morgan fingerprint density at radius 2 is 1.88 bits per heavy atom. The van der Waals surface area contributed by atoms with Gasteiger partial charge in [-0.2, -0.15) is 0 Å². The van der Waals surface area contributed by atoms with Crippen LogP contribution in [0.2, 0.25) is 0 Å². The zero-order chi connectivity index (χ0) is 17.9. The molecule has 6 heteroatoms. The minimum absolute atomic E-state index is 0.0693. The number of amides is 2. The molecule has 2 fully saturated rings. The van der Waals surface area contributed by atoms with Gasteiger partial charge in [-0.25, -0.2) is 0 Å². The smallest absolute Gasteiger partial charge is 0.253 e. The number of benzene rings is 1. The molecule has 0 unspecified atom stereocenters. The van der Waals surface area contributed by atoms with E-state index in [2.05, 4.69) is 27.0 Å². The summed E-state index contributed by atoms with van der Waals surface area (Å²) in [4.78, 5) is 28.5. The molecule has 0 spiro atoms. The van der Waals surface area contributed by atoms with Gasteiger partial charge in [0.2, 0.25) is 5.91 Å². The van der Waals surface area contributed by atoms with Gasteiger partial charge in [0.25, 0.3) is 5.91 Å². The molecule has 0 aliphatic heterocycles. The van der Waals surface area contributed by atoms with Crippen molar-refractivity contribution in [1.29, 1.82) is 0 Å². The number of hydrogen-bond donors (Lipinski definition) is 2. The first-order valence-electron chi connectivity index (χ1n) is 9.15. The third kappa shape index (κ3) is 4.51. The van der Waals surface area contributed by atoms with E-state index in [1.54, 1.807) is 23.5 Å². The Labute approximate surface area is 157 Å². The Hall–Kier alpha value is -2.18. The molecule has 5 nitrogen and oxygen atoms in total. The van der Waals surface area contributed by atoms with Crippen LogP contribution in [-0.4, -0.2) is 35.3 Å². The first-order valence-corrected chi connectivity index (χ1v) is 10.0. The fourth-order valence-corrected chi connectivity index (χ4v) is 3.74. The van der Waals surface area contributed by atoms with Crippen molar-refractivity contribution in [3.05, 3.63) is 52.2 Å². The highest BCUT2D eigenvalue weighted by molar-refractivity contribution is 7.09. The normalized spacial score (nSPS) is 16.5. The molecule has 2 N–H and O–H groups in total. The van der Waals surface area contributed by atoms with Gasteiger partial charge in [0, 0.05) is 23.5 Å². The van der Waals surface area contributed by atoms with Crippen LogP contribution in [0.1, 0.15) is 40.9 Å². The van der Waals surface area contributed by atoms with Gasteiger partial charge in [-0.15, -0.1) is 11.3 Å². The minimum atomic E-state index is -0.110. The molecule has 2 aliphatic rings. The fraction of sp³-hybridized carbons (Fsp3) is 0.400. The quantitative estimate of drug-likeness (QED) is 0.751. The summed E-state index contributed by atoms with van der Waals surface area (Å²) >= 11 is 1.72. The van der Waals surface area contributed by atoms with E-state index in [0.29, 0.717) is 29.9 Å². The summed E-state index contributed by atoms with van der Waals surface area (Å²) in [5.41, 5.74) is 1.12. The predicted octanol–water partition coefficient (Wildman–Crippen LogP) is 3.24. The van der Waals surface area contributed by atoms with Gasteiger partial charge in [0.05, 0.1) is 17.8 Å². The van der Waals surface area contributed by atoms with Crippen LogP contribution in [0.15, 0.2) is 41.8 Å². The fourth-order valence-electron chi connectivity index (χ4n) is 3.01. The summed E-state index contributed by atoms with van der Waals surface area (Å²) in [6, 6.07) is 12.2. The second-order valence-electron chi connectivity index (χ2n) is 7.06. The number of nitrogens with one attached hydrogen (secondary N) is 2. The SMILES string of the molecule is O=C(CN(Cc1cccs1)C1CC1)Nc1ccccc1C(=O)NC1CC1. The van der Waals surface area contributed by atoms with Crippen molar-refractivity contribution in [1.82, 2.24) is 10.2 Å². The number of anilines is 1. The largest absolute Gasteiger partial charge is 0.349 e. The lowest BCUT2D eigenvalue weighted by Crippen LogP contribution is -2.35. The maximum absolute atomic E-state index is 12.6. The van der Waals surface area contributed by atoms with Crippen LogP contribution in [0.5, 0.6) is 0 Å². The third-order valence-electron chi connectivity index (χ3n) is 4.71. The average molecular weight is 369 g/mol. The molecule has 0 saturated heterocycles. The number of para-hydroxylation sites is 1. The van der Waals surface area contributed by atoms with E-state index in [0.717, 1.165) is 32.2 Å². The number of carbonyl (C=O) groups excluding carboxylic acids is 2. The first-order chi connectivity index (χ1) is 12.7. The average Bonchev–Trinajstić information content (AvgIpc) is 3.56. The molecule has 0 bridgehead atoms. The summed E-state index contributed by atoms with van der Waals surface area (Å²) in [5, 5.41) is 7.99. The highest BCUT2D eigenvalue weighted by atomic mass is 32.1. The molecular weight excluding hydrogens is 346 g/mol. The van der Waals surface area contributed by atoms with E-state index in [1.165, 1.54) is 4.88 Å². The Balaban J connectivity index is 1.40. The lowest BCUT2D eigenvalue weighted by molar-refractivity contribution is -0.117. The van der Waals surface area contributed by atoms with Crippen LogP contribution in [0.4, 0.5) is 5.69 Å². The molecule has 0 radical (unpaired) electrons. The van der Waals surface area contributed by atoms with E-state index in [9.17, 15) is 9.59 Å². The Bertz CT molecular complexity index is 782. The molecular formula is C20H23N3O2S. The zero-order valence-electron chi connectivity index (χ0n) is 14.6. The summed E-state index contributed by atoms with van der Waals surface area (Å²) in [5.74, 6) is -0.179. The molecule has 2 saturated carbocycles. The van der Waals surface area contributed by atoms with Gasteiger partial charge in [0.1, 0.15) is 0 Å². The molecule has 2 amide bonds. The Morgan fingerprint density at radius 3 is 2.58 bits per heavy atom. The van der Waals surface area contributed by atoms with Gasteiger partial charge >= 0.3 is 0 Å². The Morgan fingerprint density at radius 1 is 1.08 bits per heavy atom. The molecule has 1 aromatic carbocycles. The summed E-state index contributed by atoms with van der Waals surface area (Å²) < 4.78 is 0. The molecule has 2 aliphatic carbocycles. The lowest BCUT2D eigenvalue weighted by atomic mass is 10.1. The Kier molecular flexibility index (Phi) is 5.04. The summed E-state index contributed by atoms with van der Waals surface area (Å²) in [6.45, 7) is 1.15. The van der Waals surface area contributed by atoms with Crippen LogP contribution in [-0.2, 0) is 11.3 Å². The highest BCUT2D eigenvalue weighted by Crippen LogP contribution is 2.29. The molecule has 4 rings (SSSR count). The van der Waals surface area contributed by atoms with Crippen LogP contribution >= 0.6 is 11.3 Å². The predicted molar refractivity (Wildman–Crippen MR) is 103 cm³/mol.